The van der Waals surface area contributed by atoms with Crippen LogP contribution in [-0.4, -0.2) is 52.0 Å². The Labute approximate surface area is 157 Å². The lowest BCUT2D eigenvalue weighted by atomic mass is 10.2. The number of nitrogens with one attached hydrogen (secondary N) is 2. The van der Waals surface area contributed by atoms with E-state index in [-0.39, 0.29) is 12.0 Å². The highest BCUT2D eigenvalue weighted by atomic mass is 16.5. The number of aryl methyl sites for hydroxylation is 1. The fraction of sp³-hybridized carbons (Fsp3) is 0.350. The number of pyridine rings is 1. The van der Waals surface area contributed by atoms with Crippen LogP contribution in [0, 0.1) is 0 Å². The summed E-state index contributed by atoms with van der Waals surface area (Å²) < 4.78 is 5.91. The first-order chi connectivity index (χ1) is 13.2. The summed E-state index contributed by atoms with van der Waals surface area (Å²) in [6.45, 7) is 1.33. The Kier molecular flexibility index (Phi) is 4.91. The highest BCUT2D eigenvalue weighted by Crippen LogP contribution is 2.19. The predicted molar refractivity (Wildman–Crippen MR) is 104 cm³/mol. The fourth-order valence-electron chi connectivity index (χ4n) is 3.33. The zero-order valence-electron chi connectivity index (χ0n) is 15.3. The molecule has 1 unspecified atom stereocenters. The van der Waals surface area contributed by atoms with Crippen molar-refractivity contribution in [3.63, 3.8) is 0 Å². The van der Waals surface area contributed by atoms with Crippen molar-refractivity contribution in [2.45, 2.75) is 25.4 Å². The first kappa shape index (κ1) is 17.3. The number of likely N-dealkylation sites (tertiary alicyclic amines) is 1. The number of hydrogen-bond acceptors (Lipinski definition) is 5. The molecule has 1 aliphatic rings. The zero-order chi connectivity index (χ0) is 18.6. The molecular weight excluding hydrogens is 342 g/mol. The minimum Gasteiger partial charge on any atom is -0.472 e. The molecule has 1 atom stereocenters. The second-order valence-electron chi connectivity index (χ2n) is 6.70. The number of H-pyrrole nitrogens is 1. The largest absolute Gasteiger partial charge is 0.472 e. The monoisotopic (exact) mass is 365 g/mol. The first-order valence-corrected chi connectivity index (χ1v) is 9.23. The van der Waals surface area contributed by atoms with Crippen LogP contribution in [0.4, 0.5) is 5.69 Å². The summed E-state index contributed by atoms with van der Waals surface area (Å²) in [5, 5.41) is 3.03. The Balaban J connectivity index is 1.28. The number of imidazole rings is 1. The van der Waals surface area contributed by atoms with Crippen molar-refractivity contribution >= 4 is 22.6 Å². The third-order valence-corrected chi connectivity index (χ3v) is 4.82. The van der Waals surface area contributed by atoms with E-state index in [0.717, 1.165) is 35.5 Å². The van der Waals surface area contributed by atoms with E-state index >= 15 is 0 Å². The normalized spacial score (nSPS) is 16.6. The SMILES string of the molecule is CNc1ccc(OC2CCN(C(=O)CCc3nc4ccccc4[nH]3)C2)nc1. The molecule has 140 valence electrons. The number of rotatable bonds is 6. The summed E-state index contributed by atoms with van der Waals surface area (Å²) in [6, 6.07) is 11.7. The minimum absolute atomic E-state index is 0.00640. The van der Waals surface area contributed by atoms with Gasteiger partial charge in [-0.2, -0.15) is 0 Å². The molecule has 1 aliphatic heterocycles. The molecule has 7 heteroatoms. The Morgan fingerprint density at radius 1 is 1.33 bits per heavy atom. The number of aromatic amines is 1. The van der Waals surface area contributed by atoms with Gasteiger partial charge in [0.05, 0.1) is 29.5 Å². The van der Waals surface area contributed by atoms with Crippen LogP contribution in [0.5, 0.6) is 5.88 Å². The fourth-order valence-corrected chi connectivity index (χ4v) is 3.33. The van der Waals surface area contributed by atoms with Gasteiger partial charge in [0.2, 0.25) is 11.8 Å². The van der Waals surface area contributed by atoms with Crippen LogP contribution >= 0.6 is 0 Å². The third kappa shape index (κ3) is 4.02. The molecule has 3 heterocycles. The second kappa shape index (κ2) is 7.65. The van der Waals surface area contributed by atoms with E-state index in [1.807, 2.05) is 48.3 Å². The molecule has 3 aromatic rings. The average molecular weight is 365 g/mol. The highest BCUT2D eigenvalue weighted by Gasteiger charge is 2.27. The Morgan fingerprint density at radius 2 is 2.22 bits per heavy atom. The number of carbonyl (C=O) groups is 1. The number of aromatic nitrogens is 3. The lowest BCUT2D eigenvalue weighted by Gasteiger charge is -2.16. The molecule has 0 aliphatic carbocycles. The van der Waals surface area contributed by atoms with E-state index in [9.17, 15) is 4.79 Å². The summed E-state index contributed by atoms with van der Waals surface area (Å²) in [5.41, 5.74) is 2.88. The molecule has 0 spiro atoms. The number of carbonyl (C=O) groups excluding carboxylic acids is 1. The van der Waals surface area contributed by atoms with Gasteiger partial charge in [-0.3, -0.25) is 4.79 Å². The Bertz CT molecular complexity index is 889. The van der Waals surface area contributed by atoms with Crippen molar-refractivity contribution in [3.05, 3.63) is 48.4 Å². The average Bonchev–Trinajstić information content (AvgIpc) is 3.33. The van der Waals surface area contributed by atoms with Gasteiger partial charge in [0.25, 0.3) is 0 Å². The summed E-state index contributed by atoms with van der Waals surface area (Å²) >= 11 is 0. The van der Waals surface area contributed by atoms with Gasteiger partial charge in [-0.05, 0) is 18.2 Å². The number of para-hydroxylation sites is 2. The topological polar surface area (TPSA) is 83.1 Å². The molecule has 1 saturated heterocycles. The molecule has 7 nitrogen and oxygen atoms in total. The van der Waals surface area contributed by atoms with E-state index < -0.39 is 0 Å². The van der Waals surface area contributed by atoms with Crippen molar-refractivity contribution in [3.8, 4) is 5.88 Å². The molecule has 2 aromatic heterocycles. The number of amides is 1. The lowest BCUT2D eigenvalue weighted by Crippen LogP contribution is -2.31. The van der Waals surface area contributed by atoms with Crippen LogP contribution in [0.2, 0.25) is 0 Å². The summed E-state index contributed by atoms with van der Waals surface area (Å²) in [6.07, 6.45) is 3.62. The molecular formula is C20H23N5O2. The summed E-state index contributed by atoms with van der Waals surface area (Å²) in [7, 11) is 1.85. The molecule has 27 heavy (non-hydrogen) atoms. The van der Waals surface area contributed by atoms with E-state index in [1.165, 1.54) is 0 Å². The summed E-state index contributed by atoms with van der Waals surface area (Å²) in [5.74, 6) is 1.58. The van der Waals surface area contributed by atoms with Crippen molar-refractivity contribution in [2.75, 3.05) is 25.5 Å². The number of anilines is 1. The van der Waals surface area contributed by atoms with Gasteiger partial charge in [-0.1, -0.05) is 12.1 Å². The maximum Gasteiger partial charge on any atom is 0.223 e. The lowest BCUT2D eigenvalue weighted by molar-refractivity contribution is -0.130. The molecule has 0 saturated carbocycles. The van der Waals surface area contributed by atoms with E-state index in [4.69, 9.17) is 4.74 Å². The third-order valence-electron chi connectivity index (χ3n) is 4.82. The van der Waals surface area contributed by atoms with Crippen molar-refractivity contribution in [2.24, 2.45) is 0 Å². The Hall–Kier alpha value is -3.09. The molecule has 1 amide bonds. The molecule has 0 radical (unpaired) electrons. The maximum absolute atomic E-state index is 12.5. The smallest absolute Gasteiger partial charge is 0.223 e. The number of benzene rings is 1. The quantitative estimate of drug-likeness (QED) is 0.702. The predicted octanol–water partition coefficient (Wildman–Crippen LogP) is 2.61. The van der Waals surface area contributed by atoms with E-state index in [2.05, 4.69) is 20.3 Å². The standard InChI is InChI=1S/C20H23N5O2/c1-21-14-6-8-19(22-12-14)27-15-10-11-25(13-15)20(26)9-7-18-23-16-4-2-3-5-17(16)24-18/h2-6,8,12,15,21H,7,9-11,13H2,1H3,(H,23,24). The Morgan fingerprint density at radius 3 is 3.00 bits per heavy atom. The van der Waals surface area contributed by atoms with Crippen LogP contribution in [0.3, 0.4) is 0 Å². The van der Waals surface area contributed by atoms with E-state index in [0.29, 0.717) is 25.3 Å². The van der Waals surface area contributed by atoms with Crippen LogP contribution in [-0.2, 0) is 11.2 Å². The van der Waals surface area contributed by atoms with Crippen LogP contribution in [0.15, 0.2) is 42.6 Å². The van der Waals surface area contributed by atoms with Gasteiger partial charge < -0.3 is 19.9 Å². The van der Waals surface area contributed by atoms with Gasteiger partial charge in [0.15, 0.2) is 0 Å². The van der Waals surface area contributed by atoms with Gasteiger partial charge in [0.1, 0.15) is 11.9 Å². The van der Waals surface area contributed by atoms with Crippen molar-refractivity contribution in [1.82, 2.24) is 19.9 Å². The molecule has 2 N–H and O–H groups in total. The maximum atomic E-state index is 12.5. The first-order valence-electron chi connectivity index (χ1n) is 9.23. The van der Waals surface area contributed by atoms with Crippen LogP contribution < -0.4 is 10.1 Å². The van der Waals surface area contributed by atoms with Crippen molar-refractivity contribution in [1.29, 1.82) is 0 Å². The number of nitrogens with zero attached hydrogens (tertiary/aromatic N) is 3. The zero-order valence-corrected chi connectivity index (χ0v) is 15.3. The van der Waals surface area contributed by atoms with E-state index in [1.54, 1.807) is 6.20 Å². The second-order valence-corrected chi connectivity index (χ2v) is 6.70. The summed E-state index contributed by atoms with van der Waals surface area (Å²) in [4.78, 5) is 26.5. The van der Waals surface area contributed by atoms with Gasteiger partial charge in [-0.25, -0.2) is 9.97 Å². The van der Waals surface area contributed by atoms with Gasteiger partial charge >= 0.3 is 0 Å². The number of fused-ring (bicyclic) bond motifs is 1. The van der Waals surface area contributed by atoms with Crippen LogP contribution in [0.25, 0.3) is 11.0 Å². The molecule has 1 fully saturated rings. The number of hydrogen-bond donors (Lipinski definition) is 2. The van der Waals surface area contributed by atoms with Crippen LogP contribution in [0.1, 0.15) is 18.7 Å². The minimum atomic E-state index is -0.00640. The molecule has 4 rings (SSSR count). The number of ether oxygens (including phenoxy) is 1. The molecule has 0 bridgehead atoms. The molecule has 1 aromatic carbocycles. The highest BCUT2D eigenvalue weighted by molar-refractivity contribution is 5.77. The van der Waals surface area contributed by atoms with Gasteiger partial charge in [-0.15, -0.1) is 0 Å². The van der Waals surface area contributed by atoms with Gasteiger partial charge in [0, 0.05) is 38.9 Å². The van der Waals surface area contributed by atoms with Crippen molar-refractivity contribution < 1.29 is 9.53 Å².